The molecule has 1 saturated carbocycles. The molecule has 3 unspecified atom stereocenters. The first-order chi connectivity index (χ1) is 6.11. The summed E-state index contributed by atoms with van der Waals surface area (Å²) in [6.45, 7) is 6.15. The van der Waals surface area contributed by atoms with Gasteiger partial charge in [0.15, 0.2) is 0 Å². The van der Waals surface area contributed by atoms with Crippen molar-refractivity contribution in [3.8, 4) is 0 Å². The van der Waals surface area contributed by atoms with Crippen LogP contribution in [0.1, 0.15) is 40.0 Å². The number of Topliss-reactive ketones (excluding diaryl/α,β-unsaturated/α-hetero) is 1. The zero-order valence-corrected chi connectivity index (χ0v) is 8.79. The lowest BCUT2D eigenvalue weighted by Crippen LogP contribution is -2.47. The van der Waals surface area contributed by atoms with Gasteiger partial charge in [-0.05, 0) is 46.0 Å². The summed E-state index contributed by atoms with van der Waals surface area (Å²) in [5.41, 5.74) is 0. The molecule has 0 aromatic rings. The molecule has 1 aliphatic heterocycles. The molecule has 2 rings (SSSR count). The fraction of sp³-hybridized carbons (Fsp3) is 0.909. The van der Waals surface area contributed by atoms with Crippen LogP contribution >= 0.6 is 0 Å². The van der Waals surface area contributed by atoms with Gasteiger partial charge in [0, 0.05) is 12.1 Å². The molecule has 3 atom stereocenters. The smallest absolute Gasteiger partial charge is 0.146 e. The van der Waals surface area contributed by atoms with E-state index < -0.39 is 0 Å². The summed E-state index contributed by atoms with van der Waals surface area (Å²) >= 11 is 0. The molecule has 13 heavy (non-hydrogen) atoms. The summed E-state index contributed by atoms with van der Waals surface area (Å²) in [5, 5.41) is 0. The Bertz CT molecular complexity index is 224. The number of hydrogen-bond donors (Lipinski definition) is 0. The van der Waals surface area contributed by atoms with Crippen molar-refractivity contribution in [2.75, 3.05) is 0 Å². The number of ketones is 1. The number of likely N-dealkylation sites (tertiary alicyclic amines) is 1. The lowest BCUT2D eigenvalue weighted by atomic mass is 9.80. The molecule has 1 heterocycles. The second-order valence-corrected chi connectivity index (χ2v) is 4.81. The molecule has 2 heteroatoms. The minimum Gasteiger partial charge on any atom is -0.298 e. The van der Waals surface area contributed by atoms with Crippen molar-refractivity contribution in [1.29, 1.82) is 0 Å². The normalized spacial score (nSPS) is 38.9. The van der Waals surface area contributed by atoms with Crippen molar-refractivity contribution in [3.63, 3.8) is 0 Å². The highest BCUT2D eigenvalue weighted by Crippen LogP contribution is 2.44. The first kappa shape index (κ1) is 9.20. The summed E-state index contributed by atoms with van der Waals surface area (Å²) in [7, 11) is 0. The lowest BCUT2D eigenvalue weighted by Gasteiger charge is -2.39. The minimum absolute atomic E-state index is 0.234. The molecule has 0 amide bonds. The van der Waals surface area contributed by atoms with E-state index in [-0.39, 0.29) is 6.04 Å². The third-order valence-electron chi connectivity index (χ3n) is 3.71. The van der Waals surface area contributed by atoms with E-state index in [2.05, 4.69) is 18.7 Å². The largest absolute Gasteiger partial charge is 0.298 e. The molecule has 0 spiro atoms. The third kappa shape index (κ3) is 1.32. The van der Waals surface area contributed by atoms with E-state index in [1.54, 1.807) is 6.92 Å². The maximum Gasteiger partial charge on any atom is 0.146 e. The van der Waals surface area contributed by atoms with Crippen LogP contribution in [-0.2, 0) is 4.79 Å². The van der Waals surface area contributed by atoms with Crippen LogP contribution in [0.25, 0.3) is 0 Å². The summed E-state index contributed by atoms with van der Waals surface area (Å²) < 4.78 is 0. The molecule has 2 aliphatic rings. The second-order valence-electron chi connectivity index (χ2n) is 4.81. The van der Waals surface area contributed by atoms with E-state index in [1.165, 1.54) is 12.8 Å². The van der Waals surface area contributed by atoms with Gasteiger partial charge in [-0.2, -0.15) is 0 Å². The summed E-state index contributed by atoms with van der Waals surface area (Å²) in [6, 6.07) is 1.50. The van der Waals surface area contributed by atoms with Gasteiger partial charge >= 0.3 is 0 Å². The van der Waals surface area contributed by atoms with E-state index in [4.69, 9.17) is 0 Å². The fourth-order valence-electron chi connectivity index (χ4n) is 2.98. The van der Waals surface area contributed by atoms with E-state index in [0.29, 0.717) is 11.8 Å². The van der Waals surface area contributed by atoms with E-state index in [0.717, 1.165) is 18.4 Å². The Kier molecular flexibility index (Phi) is 2.18. The van der Waals surface area contributed by atoms with Gasteiger partial charge in [-0.3, -0.25) is 9.69 Å². The second kappa shape index (κ2) is 3.09. The maximum absolute atomic E-state index is 11.4. The third-order valence-corrected chi connectivity index (χ3v) is 3.71. The SMILES string of the molecule is CC(=O)C1CC2CCC2N1C(C)C. The Hall–Kier alpha value is -0.370. The van der Waals surface area contributed by atoms with Gasteiger partial charge in [0.1, 0.15) is 5.78 Å². The average molecular weight is 181 g/mol. The van der Waals surface area contributed by atoms with Crippen LogP contribution in [0.2, 0.25) is 0 Å². The highest BCUT2D eigenvalue weighted by Gasteiger charge is 2.48. The van der Waals surface area contributed by atoms with Crippen LogP contribution in [-0.4, -0.2) is 28.8 Å². The van der Waals surface area contributed by atoms with Crippen molar-refractivity contribution in [3.05, 3.63) is 0 Å². The highest BCUT2D eigenvalue weighted by atomic mass is 16.1. The molecule has 2 fully saturated rings. The topological polar surface area (TPSA) is 20.3 Å². The van der Waals surface area contributed by atoms with Crippen molar-refractivity contribution in [2.24, 2.45) is 5.92 Å². The molecule has 0 bridgehead atoms. The van der Waals surface area contributed by atoms with Crippen molar-refractivity contribution < 1.29 is 4.79 Å². The van der Waals surface area contributed by atoms with E-state index in [1.807, 2.05) is 0 Å². The first-order valence-corrected chi connectivity index (χ1v) is 5.39. The number of fused-ring (bicyclic) bond motifs is 1. The zero-order valence-electron chi connectivity index (χ0n) is 8.79. The van der Waals surface area contributed by atoms with E-state index >= 15 is 0 Å². The maximum atomic E-state index is 11.4. The van der Waals surface area contributed by atoms with Gasteiger partial charge in [0.05, 0.1) is 6.04 Å². The van der Waals surface area contributed by atoms with Gasteiger partial charge in [0.2, 0.25) is 0 Å². The molecular weight excluding hydrogens is 162 g/mol. The Labute approximate surface area is 80.3 Å². The highest BCUT2D eigenvalue weighted by molar-refractivity contribution is 5.82. The van der Waals surface area contributed by atoms with Crippen LogP contribution in [0.15, 0.2) is 0 Å². The van der Waals surface area contributed by atoms with Crippen LogP contribution in [0.3, 0.4) is 0 Å². The predicted molar refractivity (Wildman–Crippen MR) is 52.6 cm³/mol. The lowest BCUT2D eigenvalue weighted by molar-refractivity contribution is -0.122. The number of hydrogen-bond acceptors (Lipinski definition) is 2. The summed E-state index contributed by atoms with van der Waals surface area (Å²) in [6.07, 6.45) is 3.78. The fourth-order valence-corrected chi connectivity index (χ4v) is 2.98. The van der Waals surface area contributed by atoms with Gasteiger partial charge in [-0.1, -0.05) is 0 Å². The molecule has 0 aromatic heterocycles. The quantitative estimate of drug-likeness (QED) is 0.648. The molecule has 0 aromatic carbocycles. The predicted octanol–water partition coefficient (Wildman–Crippen LogP) is 1.84. The van der Waals surface area contributed by atoms with Gasteiger partial charge in [-0.25, -0.2) is 0 Å². The summed E-state index contributed by atoms with van der Waals surface area (Å²) in [4.78, 5) is 13.9. The molecule has 0 radical (unpaired) electrons. The molecule has 1 saturated heterocycles. The Morgan fingerprint density at radius 2 is 2.08 bits per heavy atom. The first-order valence-electron chi connectivity index (χ1n) is 5.39. The van der Waals surface area contributed by atoms with Crippen molar-refractivity contribution in [2.45, 2.75) is 58.2 Å². The minimum atomic E-state index is 0.234. The molecule has 1 aliphatic carbocycles. The van der Waals surface area contributed by atoms with Crippen molar-refractivity contribution in [1.82, 2.24) is 4.90 Å². The number of nitrogens with zero attached hydrogens (tertiary/aromatic N) is 1. The average Bonchev–Trinajstić information content (AvgIpc) is 2.23. The summed E-state index contributed by atoms with van der Waals surface area (Å²) in [5.74, 6) is 1.19. The number of rotatable bonds is 2. The molecule has 2 nitrogen and oxygen atoms in total. The van der Waals surface area contributed by atoms with Gasteiger partial charge in [-0.15, -0.1) is 0 Å². The Morgan fingerprint density at radius 1 is 1.38 bits per heavy atom. The molecular formula is C11H19NO. The standard InChI is InChI=1S/C11H19NO/c1-7(2)12-10-5-4-9(10)6-11(12)8(3)13/h7,9-11H,4-6H2,1-3H3. The van der Waals surface area contributed by atoms with Crippen molar-refractivity contribution >= 4 is 5.78 Å². The number of carbonyl (C=O) groups excluding carboxylic acids is 1. The Morgan fingerprint density at radius 3 is 2.46 bits per heavy atom. The van der Waals surface area contributed by atoms with Gasteiger partial charge < -0.3 is 0 Å². The number of carbonyl (C=O) groups is 1. The van der Waals surface area contributed by atoms with Crippen LogP contribution in [0.5, 0.6) is 0 Å². The Balaban J connectivity index is 2.14. The van der Waals surface area contributed by atoms with E-state index in [9.17, 15) is 4.79 Å². The monoisotopic (exact) mass is 181 g/mol. The zero-order chi connectivity index (χ0) is 9.59. The van der Waals surface area contributed by atoms with Gasteiger partial charge in [0.25, 0.3) is 0 Å². The van der Waals surface area contributed by atoms with Crippen LogP contribution < -0.4 is 0 Å². The molecule has 74 valence electrons. The van der Waals surface area contributed by atoms with Crippen LogP contribution in [0, 0.1) is 5.92 Å². The molecule has 0 N–H and O–H groups in total. The van der Waals surface area contributed by atoms with Crippen LogP contribution in [0.4, 0.5) is 0 Å².